The van der Waals surface area contributed by atoms with E-state index in [4.69, 9.17) is 0 Å². The second-order valence-electron chi connectivity index (χ2n) is 5.53. The monoisotopic (exact) mass is 287 g/mol. The lowest BCUT2D eigenvalue weighted by molar-refractivity contribution is 1.14. The highest BCUT2D eigenvalue weighted by Gasteiger charge is 2.02. The van der Waals surface area contributed by atoms with Crippen molar-refractivity contribution >= 4 is 0 Å². The van der Waals surface area contributed by atoms with Crippen LogP contribution in [0.2, 0.25) is 0 Å². The van der Waals surface area contributed by atoms with Crippen LogP contribution in [0.4, 0.5) is 0 Å². The van der Waals surface area contributed by atoms with Gasteiger partial charge in [-0.25, -0.2) is 0 Å². The fourth-order valence-corrected chi connectivity index (χ4v) is 2.58. The van der Waals surface area contributed by atoms with E-state index in [1.165, 1.54) is 22.3 Å². The van der Waals surface area contributed by atoms with E-state index in [-0.39, 0.29) is 0 Å². The molecule has 3 rings (SSSR count). The first-order valence-electron chi connectivity index (χ1n) is 7.95. The Morgan fingerprint density at radius 2 is 1.09 bits per heavy atom. The number of hydrogen-bond acceptors (Lipinski definition) is 1. The summed E-state index contributed by atoms with van der Waals surface area (Å²) >= 11 is 0. The van der Waals surface area contributed by atoms with Gasteiger partial charge in [-0.2, -0.15) is 0 Å². The van der Waals surface area contributed by atoms with Gasteiger partial charge in [0, 0.05) is 17.3 Å². The molecule has 2 aromatic carbocycles. The van der Waals surface area contributed by atoms with Gasteiger partial charge in [-0.05, 0) is 35.6 Å². The van der Waals surface area contributed by atoms with Crippen molar-refractivity contribution in [3.05, 3.63) is 78.0 Å². The normalized spacial score (nSPS) is 10.6. The SMILES string of the molecule is CCc1ccc(-c2ccc(-c3ccc(CC)cc3)nc2)cc1. The summed E-state index contributed by atoms with van der Waals surface area (Å²) in [5.74, 6) is 0. The Bertz CT molecular complexity index is 656. The molecule has 0 atom stereocenters. The highest BCUT2D eigenvalue weighted by atomic mass is 14.7. The number of aryl methyl sites for hydroxylation is 2. The molecule has 110 valence electrons. The lowest BCUT2D eigenvalue weighted by atomic mass is 10.0. The Kier molecular flexibility index (Phi) is 4.34. The van der Waals surface area contributed by atoms with Gasteiger partial charge in [0.25, 0.3) is 0 Å². The zero-order chi connectivity index (χ0) is 15.4. The number of aromatic nitrogens is 1. The second kappa shape index (κ2) is 6.57. The number of hydrogen-bond donors (Lipinski definition) is 0. The molecule has 3 aromatic rings. The molecule has 0 fully saturated rings. The van der Waals surface area contributed by atoms with E-state index in [0.29, 0.717) is 0 Å². The first-order valence-corrected chi connectivity index (χ1v) is 7.95. The van der Waals surface area contributed by atoms with E-state index in [1.54, 1.807) is 0 Å². The summed E-state index contributed by atoms with van der Waals surface area (Å²) in [6.45, 7) is 4.35. The zero-order valence-corrected chi connectivity index (χ0v) is 13.2. The van der Waals surface area contributed by atoms with Crippen LogP contribution in [-0.4, -0.2) is 4.98 Å². The van der Waals surface area contributed by atoms with Gasteiger partial charge < -0.3 is 0 Å². The molecule has 0 spiro atoms. The highest BCUT2D eigenvalue weighted by Crippen LogP contribution is 2.23. The Labute approximate surface area is 132 Å². The van der Waals surface area contributed by atoms with Crippen molar-refractivity contribution in [1.82, 2.24) is 4.98 Å². The zero-order valence-electron chi connectivity index (χ0n) is 13.2. The molecule has 0 unspecified atom stereocenters. The molecule has 22 heavy (non-hydrogen) atoms. The van der Waals surface area contributed by atoms with Gasteiger partial charge in [0.05, 0.1) is 5.69 Å². The highest BCUT2D eigenvalue weighted by molar-refractivity contribution is 5.67. The fourth-order valence-electron chi connectivity index (χ4n) is 2.58. The van der Waals surface area contributed by atoms with Gasteiger partial charge in [-0.1, -0.05) is 68.4 Å². The molecular weight excluding hydrogens is 266 g/mol. The van der Waals surface area contributed by atoms with Gasteiger partial charge in [0.15, 0.2) is 0 Å². The van der Waals surface area contributed by atoms with Crippen LogP contribution in [0.1, 0.15) is 25.0 Å². The van der Waals surface area contributed by atoms with Crippen molar-refractivity contribution < 1.29 is 0 Å². The smallest absolute Gasteiger partial charge is 0.0702 e. The van der Waals surface area contributed by atoms with Crippen LogP contribution < -0.4 is 0 Å². The van der Waals surface area contributed by atoms with E-state index < -0.39 is 0 Å². The molecule has 0 aliphatic rings. The van der Waals surface area contributed by atoms with Crippen LogP contribution in [0.25, 0.3) is 22.4 Å². The summed E-state index contributed by atoms with van der Waals surface area (Å²) in [6, 6.07) is 21.6. The Hall–Kier alpha value is -2.41. The summed E-state index contributed by atoms with van der Waals surface area (Å²) < 4.78 is 0. The van der Waals surface area contributed by atoms with E-state index in [1.807, 2.05) is 6.20 Å². The topological polar surface area (TPSA) is 12.9 Å². The molecule has 0 N–H and O–H groups in total. The number of pyridine rings is 1. The standard InChI is InChI=1S/C21H21N/c1-3-16-5-9-18(10-6-16)20-13-14-21(22-15-20)19-11-7-17(4-2)8-12-19/h5-15H,3-4H2,1-2H3. The minimum atomic E-state index is 1.02. The molecule has 0 saturated carbocycles. The summed E-state index contributed by atoms with van der Waals surface area (Å²) in [7, 11) is 0. The average molecular weight is 287 g/mol. The molecule has 0 saturated heterocycles. The van der Waals surface area contributed by atoms with E-state index >= 15 is 0 Å². The minimum Gasteiger partial charge on any atom is -0.256 e. The average Bonchev–Trinajstić information content (AvgIpc) is 2.62. The lowest BCUT2D eigenvalue weighted by Gasteiger charge is -2.06. The van der Waals surface area contributed by atoms with Crippen LogP contribution >= 0.6 is 0 Å². The van der Waals surface area contributed by atoms with Crippen LogP contribution in [0, 0.1) is 0 Å². The van der Waals surface area contributed by atoms with Crippen molar-refractivity contribution in [2.45, 2.75) is 26.7 Å². The molecule has 1 nitrogen and oxygen atoms in total. The van der Waals surface area contributed by atoms with Gasteiger partial charge in [-0.15, -0.1) is 0 Å². The van der Waals surface area contributed by atoms with Crippen molar-refractivity contribution in [3.63, 3.8) is 0 Å². The van der Waals surface area contributed by atoms with Gasteiger partial charge in [-0.3, -0.25) is 4.98 Å². The molecule has 0 aliphatic carbocycles. The van der Waals surface area contributed by atoms with E-state index in [9.17, 15) is 0 Å². The maximum Gasteiger partial charge on any atom is 0.0702 e. The molecule has 0 bridgehead atoms. The largest absolute Gasteiger partial charge is 0.256 e. The number of nitrogens with zero attached hydrogens (tertiary/aromatic N) is 1. The van der Waals surface area contributed by atoms with Crippen molar-refractivity contribution in [2.24, 2.45) is 0 Å². The lowest BCUT2D eigenvalue weighted by Crippen LogP contribution is -1.87. The van der Waals surface area contributed by atoms with E-state index in [2.05, 4.69) is 79.5 Å². The van der Waals surface area contributed by atoms with Crippen LogP contribution in [-0.2, 0) is 12.8 Å². The maximum atomic E-state index is 4.62. The first-order chi connectivity index (χ1) is 10.8. The molecule has 1 heteroatoms. The molecule has 1 aromatic heterocycles. The quantitative estimate of drug-likeness (QED) is 0.614. The van der Waals surface area contributed by atoms with Crippen LogP contribution in [0.5, 0.6) is 0 Å². The fraction of sp³-hybridized carbons (Fsp3) is 0.190. The van der Waals surface area contributed by atoms with Crippen molar-refractivity contribution in [3.8, 4) is 22.4 Å². The summed E-state index contributed by atoms with van der Waals surface area (Å²) in [4.78, 5) is 4.62. The third-order valence-corrected chi connectivity index (χ3v) is 4.12. The third kappa shape index (κ3) is 3.09. The summed E-state index contributed by atoms with van der Waals surface area (Å²) in [6.07, 6.45) is 4.11. The van der Waals surface area contributed by atoms with Gasteiger partial charge >= 0.3 is 0 Å². The predicted octanol–water partition coefficient (Wildman–Crippen LogP) is 5.54. The maximum absolute atomic E-state index is 4.62. The first kappa shape index (κ1) is 14.5. The molecule has 1 heterocycles. The van der Waals surface area contributed by atoms with Gasteiger partial charge in [0.1, 0.15) is 0 Å². The predicted molar refractivity (Wildman–Crippen MR) is 93.9 cm³/mol. The van der Waals surface area contributed by atoms with Crippen molar-refractivity contribution in [1.29, 1.82) is 0 Å². The second-order valence-corrected chi connectivity index (χ2v) is 5.53. The molecule has 0 aliphatic heterocycles. The summed E-state index contributed by atoms with van der Waals surface area (Å²) in [5.41, 5.74) is 7.30. The van der Waals surface area contributed by atoms with Crippen molar-refractivity contribution in [2.75, 3.05) is 0 Å². The molecular formula is C21H21N. The summed E-state index contributed by atoms with van der Waals surface area (Å²) in [5, 5.41) is 0. The van der Waals surface area contributed by atoms with Gasteiger partial charge in [0.2, 0.25) is 0 Å². The molecule has 0 radical (unpaired) electrons. The van der Waals surface area contributed by atoms with Crippen LogP contribution in [0.15, 0.2) is 66.9 Å². The minimum absolute atomic E-state index is 1.02. The van der Waals surface area contributed by atoms with Crippen LogP contribution in [0.3, 0.4) is 0 Å². The number of rotatable bonds is 4. The Balaban J connectivity index is 1.84. The Morgan fingerprint density at radius 1 is 0.591 bits per heavy atom. The molecule has 0 amide bonds. The Morgan fingerprint density at radius 3 is 1.55 bits per heavy atom. The van der Waals surface area contributed by atoms with E-state index in [0.717, 1.165) is 24.1 Å². The number of benzene rings is 2. The third-order valence-electron chi connectivity index (χ3n) is 4.12.